The summed E-state index contributed by atoms with van der Waals surface area (Å²) in [4.78, 5) is 5.42. The van der Waals surface area contributed by atoms with E-state index in [1.54, 1.807) is 23.1 Å². The lowest BCUT2D eigenvalue weighted by Gasteiger charge is -2.03. The molecule has 2 aromatic heterocycles. The number of pyridine rings is 1. The van der Waals surface area contributed by atoms with E-state index in [4.69, 9.17) is 5.26 Å². The fourth-order valence-corrected chi connectivity index (χ4v) is 2.74. The van der Waals surface area contributed by atoms with Crippen molar-refractivity contribution in [2.75, 3.05) is 5.75 Å². The average Bonchev–Trinajstić information content (AvgIpc) is 2.89. The fraction of sp³-hybridized carbons (Fsp3) is 0.0769. The highest BCUT2D eigenvalue weighted by molar-refractivity contribution is 7.99. The molecule has 0 unspecified atom stereocenters. The summed E-state index contributed by atoms with van der Waals surface area (Å²) in [5.74, 6) is 0.802. The van der Waals surface area contributed by atoms with E-state index in [0.717, 1.165) is 21.2 Å². The molecule has 0 aliphatic rings. The summed E-state index contributed by atoms with van der Waals surface area (Å²) in [5.41, 5.74) is 1.40. The lowest BCUT2D eigenvalue weighted by molar-refractivity contribution is 1.11. The topological polar surface area (TPSA) is 36.7 Å². The van der Waals surface area contributed by atoms with Gasteiger partial charge in [-0.05, 0) is 23.6 Å². The minimum Gasteiger partial charge on any atom is -0.230 e. The van der Waals surface area contributed by atoms with E-state index < -0.39 is 0 Å². The number of nitrogens with zero attached hydrogens (tertiary/aromatic N) is 2. The molecule has 2 aromatic rings. The normalized spacial score (nSPS) is 9.82. The van der Waals surface area contributed by atoms with Crippen LogP contribution < -0.4 is 0 Å². The van der Waals surface area contributed by atoms with Crippen LogP contribution in [-0.4, -0.2) is 10.7 Å². The van der Waals surface area contributed by atoms with Crippen molar-refractivity contribution in [1.82, 2.24) is 4.98 Å². The molecule has 4 heteroatoms. The van der Waals surface area contributed by atoms with Gasteiger partial charge in [0.15, 0.2) is 0 Å². The van der Waals surface area contributed by atoms with Gasteiger partial charge in [0.05, 0.1) is 5.03 Å². The van der Waals surface area contributed by atoms with Gasteiger partial charge in [0.25, 0.3) is 0 Å². The molecule has 0 N–H and O–H groups in total. The molecule has 2 rings (SSSR count). The second kappa shape index (κ2) is 5.67. The third-order valence-electron chi connectivity index (χ3n) is 2.11. The van der Waals surface area contributed by atoms with Crippen LogP contribution in [0.5, 0.6) is 0 Å². The lowest BCUT2D eigenvalue weighted by Crippen LogP contribution is -1.90. The third-order valence-corrected chi connectivity index (χ3v) is 3.94. The van der Waals surface area contributed by atoms with Gasteiger partial charge in [-0.3, -0.25) is 0 Å². The zero-order chi connectivity index (χ0) is 12.1. The first-order valence-electron chi connectivity index (χ1n) is 5.04. The largest absolute Gasteiger partial charge is 0.230 e. The third kappa shape index (κ3) is 2.76. The Kier molecular flexibility index (Phi) is 3.97. The first-order valence-corrected chi connectivity index (χ1v) is 6.90. The molecule has 0 spiro atoms. The summed E-state index contributed by atoms with van der Waals surface area (Å²) in [6, 6.07) is 10.0. The summed E-state index contributed by atoms with van der Waals surface area (Å²) in [5, 5.41) is 12.0. The first-order chi connectivity index (χ1) is 8.35. The molecule has 2 heterocycles. The van der Waals surface area contributed by atoms with Gasteiger partial charge >= 0.3 is 0 Å². The predicted molar refractivity (Wildman–Crippen MR) is 73.2 cm³/mol. The fourth-order valence-electron chi connectivity index (χ4n) is 1.38. The number of rotatable bonds is 4. The SMILES string of the molecule is C=CCSc1ccc(-c2cccs2)c(C#N)n1. The van der Waals surface area contributed by atoms with E-state index in [1.165, 1.54) is 0 Å². The van der Waals surface area contributed by atoms with Gasteiger partial charge in [-0.25, -0.2) is 4.98 Å². The molecule has 0 aliphatic carbocycles. The maximum absolute atomic E-state index is 9.13. The number of thioether (sulfide) groups is 1. The highest BCUT2D eigenvalue weighted by Gasteiger charge is 2.08. The van der Waals surface area contributed by atoms with E-state index in [0.29, 0.717) is 5.69 Å². The molecule has 0 atom stereocenters. The molecule has 0 fully saturated rings. The summed E-state index contributed by atoms with van der Waals surface area (Å²) < 4.78 is 0. The van der Waals surface area contributed by atoms with Crippen LogP contribution in [-0.2, 0) is 0 Å². The van der Waals surface area contributed by atoms with Crippen molar-refractivity contribution >= 4 is 23.1 Å². The van der Waals surface area contributed by atoms with E-state index in [1.807, 2.05) is 35.7 Å². The van der Waals surface area contributed by atoms with E-state index in [9.17, 15) is 0 Å². The zero-order valence-electron chi connectivity index (χ0n) is 9.09. The van der Waals surface area contributed by atoms with Gasteiger partial charge in [-0.15, -0.1) is 29.7 Å². The van der Waals surface area contributed by atoms with Gasteiger partial charge in [0.2, 0.25) is 0 Å². The Bertz CT molecular complexity index is 553. The number of thiophene rings is 1. The minimum atomic E-state index is 0.488. The zero-order valence-corrected chi connectivity index (χ0v) is 10.7. The summed E-state index contributed by atoms with van der Waals surface area (Å²) in [6.07, 6.45) is 1.82. The monoisotopic (exact) mass is 258 g/mol. The van der Waals surface area contributed by atoms with Gasteiger partial charge in [-0.1, -0.05) is 12.1 Å². The number of hydrogen-bond donors (Lipinski definition) is 0. The minimum absolute atomic E-state index is 0.488. The van der Waals surface area contributed by atoms with Crippen LogP contribution in [0.1, 0.15) is 5.69 Å². The predicted octanol–water partition coefficient (Wildman–Crippen LogP) is 3.96. The quantitative estimate of drug-likeness (QED) is 0.615. The molecule has 2 nitrogen and oxygen atoms in total. The summed E-state index contributed by atoms with van der Waals surface area (Å²) in [7, 11) is 0. The lowest BCUT2D eigenvalue weighted by atomic mass is 10.2. The Labute approximate surface area is 109 Å². The van der Waals surface area contributed by atoms with Crippen LogP contribution in [0.3, 0.4) is 0 Å². The van der Waals surface area contributed by atoms with Crippen molar-refractivity contribution in [1.29, 1.82) is 5.26 Å². The van der Waals surface area contributed by atoms with Crippen molar-refractivity contribution in [2.45, 2.75) is 5.03 Å². The van der Waals surface area contributed by atoms with E-state index >= 15 is 0 Å². The Hall–Kier alpha value is -1.57. The molecule has 0 bridgehead atoms. The van der Waals surface area contributed by atoms with Crippen molar-refractivity contribution in [3.63, 3.8) is 0 Å². The maximum atomic E-state index is 9.13. The molecular formula is C13H10N2S2. The van der Waals surface area contributed by atoms with Crippen molar-refractivity contribution in [2.24, 2.45) is 0 Å². The Balaban J connectivity index is 2.36. The Morgan fingerprint density at radius 2 is 2.35 bits per heavy atom. The number of aromatic nitrogens is 1. The van der Waals surface area contributed by atoms with Crippen LogP contribution in [0.2, 0.25) is 0 Å². The van der Waals surface area contributed by atoms with Crippen molar-refractivity contribution < 1.29 is 0 Å². The Morgan fingerprint density at radius 3 is 3.00 bits per heavy atom. The molecule has 0 radical (unpaired) electrons. The van der Waals surface area contributed by atoms with Crippen LogP contribution >= 0.6 is 23.1 Å². The van der Waals surface area contributed by atoms with E-state index in [-0.39, 0.29) is 0 Å². The number of hydrogen-bond acceptors (Lipinski definition) is 4. The summed E-state index contributed by atoms with van der Waals surface area (Å²) in [6.45, 7) is 3.66. The van der Waals surface area contributed by atoms with Gasteiger partial charge in [0, 0.05) is 16.2 Å². The molecule has 0 saturated carbocycles. The van der Waals surface area contributed by atoms with Gasteiger partial charge < -0.3 is 0 Å². The molecule has 84 valence electrons. The van der Waals surface area contributed by atoms with Crippen LogP contribution in [0, 0.1) is 11.3 Å². The molecule has 17 heavy (non-hydrogen) atoms. The second-order valence-electron chi connectivity index (χ2n) is 3.23. The molecule has 0 amide bonds. The molecule has 0 aliphatic heterocycles. The molecular weight excluding hydrogens is 248 g/mol. The highest BCUT2D eigenvalue weighted by atomic mass is 32.2. The van der Waals surface area contributed by atoms with Gasteiger partial charge in [0.1, 0.15) is 11.8 Å². The second-order valence-corrected chi connectivity index (χ2v) is 5.22. The standard InChI is InChI=1S/C13H10N2S2/c1-2-7-17-13-6-5-10(11(9-14)15-13)12-4-3-8-16-12/h2-6,8H,1,7H2. The molecule has 0 saturated heterocycles. The van der Waals surface area contributed by atoms with Crippen LogP contribution in [0.4, 0.5) is 0 Å². The Morgan fingerprint density at radius 1 is 1.47 bits per heavy atom. The first kappa shape index (κ1) is 11.9. The highest BCUT2D eigenvalue weighted by Crippen LogP contribution is 2.28. The average molecular weight is 258 g/mol. The summed E-state index contributed by atoms with van der Waals surface area (Å²) >= 11 is 3.19. The smallest absolute Gasteiger partial charge is 0.150 e. The van der Waals surface area contributed by atoms with Crippen LogP contribution in [0.25, 0.3) is 10.4 Å². The molecule has 0 aromatic carbocycles. The van der Waals surface area contributed by atoms with Crippen molar-refractivity contribution in [3.8, 4) is 16.5 Å². The van der Waals surface area contributed by atoms with Crippen LogP contribution in [0.15, 0.2) is 47.3 Å². The maximum Gasteiger partial charge on any atom is 0.150 e. The number of nitriles is 1. The van der Waals surface area contributed by atoms with Gasteiger partial charge in [-0.2, -0.15) is 5.26 Å². The van der Waals surface area contributed by atoms with Crippen molar-refractivity contribution in [3.05, 3.63) is 48.0 Å². The van der Waals surface area contributed by atoms with E-state index in [2.05, 4.69) is 17.6 Å².